The van der Waals surface area contributed by atoms with Crippen molar-refractivity contribution in [1.29, 1.82) is 0 Å². The first-order valence-electron chi connectivity index (χ1n) is 5.39. The summed E-state index contributed by atoms with van der Waals surface area (Å²) in [6.45, 7) is 7.57. The number of urea groups is 1. The van der Waals surface area contributed by atoms with Gasteiger partial charge in [-0.25, -0.2) is 4.79 Å². The third-order valence-corrected chi connectivity index (χ3v) is 2.75. The lowest BCUT2D eigenvalue weighted by molar-refractivity contribution is 0.228. The number of aromatic nitrogens is 1. The highest BCUT2D eigenvalue weighted by Crippen LogP contribution is 2.27. The first-order chi connectivity index (χ1) is 7.39. The van der Waals surface area contributed by atoms with Crippen molar-refractivity contribution in [2.24, 2.45) is 0 Å². The number of hydrogen-bond donors (Lipinski definition) is 0. The summed E-state index contributed by atoms with van der Waals surface area (Å²) in [6.07, 6.45) is 0. The number of likely N-dealkylation sites (N-methyl/N-ethyl adjacent to an activating group) is 1. The fourth-order valence-corrected chi connectivity index (χ4v) is 1.60. The number of anilines is 1. The van der Waals surface area contributed by atoms with E-state index in [2.05, 4.69) is 25.9 Å². The van der Waals surface area contributed by atoms with Crippen molar-refractivity contribution in [3.63, 3.8) is 0 Å². The number of nitrogens with zero attached hydrogens (tertiary/aromatic N) is 3. The number of hydrogen-bond acceptors (Lipinski definition) is 3. The van der Waals surface area contributed by atoms with Gasteiger partial charge in [-0.15, -0.1) is 0 Å². The molecule has 2 amide bonds. The highest BCUT2D eigenvalue weighted by molar-refractivity contribution is 5.92. The standard InChI is InChI=1S/C11H17N3O2/c1-11(2,3)8-7-9(16-12-8)14-6-5-13(4)10(14)15/h7H,5-6H2,1-4H3. The monoisotopic (exact) mass is 223 g/mol. The van der Waals surface area contributed by atoms with E-state index in [1.54, 1.807) is 16.8 Å². The summed E-state index contributed by atoms with van der Waals surface area (Å²) >= 11 is 0. The molecule has 1 fully saturated rings. The van der Waals surface area contributed by atoms with Crippen molar-refractivity contribution >= 4 is 11.9 Å². The summed E-state index contributed by atoms with van der Waals surface area (Å²) in [5.41, 5.74) is 0.807. The van der Waals surface area contributed by atoms with Crippen LogP contribution >= 0.6 is 0 Å². The van der Waals surface area contributed by atoms with E-state index in [0.717, 1.165) is 12.2 Å². The first kappa shape index (κ1) is 11.0. The molecule has 0 saturated carbocycles. The Morgan fingerprint density at radius 2 is 2.06 bits per heavy atom. The number of carbonyl (C=O) groups excluding carboxylic acids is 1. The van der Waals surface area contributed by atoms with E-state index in [1.165, 1.54) is 0 Å². The Kier molecular flexibility index (Phi) is 2.40. The molecule has 0 aliphatic carbocycles. The first-order valence-corrected chi connectivity index (χ1v) is 5.39. The van der Waals surface area contributed by atoms with E-state index < -0.39 is 0 Å². The molecule has 2 heterocycles. The normalized spacial score (nSPS) is 17.4. The van der Waals surface area contributed by atoms with E-state index in [9.17, 15) is 4.79 Å². The summed E-state index contributed by atoms with van der Waals surface area (Å²) in [5.74, 6) is 0.541. The summed E-state index contributed by atoms with van der Waals surface area (Å²) in [7, 11) is 1.78. The minimum absolute atomic E-state index is 0.0309. The molecule has 88 valence electrons. The Balaban J connectivity index is 2.23. The van der Waals surface area contributed by atoms with Crippen LogP contribution in [0.15, 0.2) is 10.6 Å². The van der Waals surface area contributed by atoms with Crippen molar-refractivity contribution in [3.8, 4) is 0 Å². The van der Waals surface area contributed by atoms with Crippen LogP contribution in [0.3, 0.4) is 0 Å². The van der Waals surface area contributed by atoms with Crippen molar-refractivity contribution in [2.45, 2.75) is 26.2 Å². The molecule has 0 bridgehead atoms. The van der Waals surface area contributed by atoms with Crippen molar-refractivity contribution in [2.75, 3.05) is 25.0 Å². The number of rotatable bonds is 1. The van der Waals surface area contributed by atoms with Crippen LogP contribution in [0.1, 0.15) is 26.5 Å². The van der Waals surface area contributed by atoms with Crippen LogP contribution in [0, 0.1) is 0 Å². The van der Waals surface area contributed by atoms with Crippen LogP contribution in [0.2, 0.25) is 0 Å². The zero-order chi connectivity index (χ0) is 11.9. The molecular formula is C11H17N3O2. The average Bonchev–Trinajstić information content (AvgIpc) is 2.74. The summed E-state index contributed by atoms with van der Waals surface area (Å²) in [4.78, 5) is 15.0. The molecule has 1 aliphatic heterocycles. The lowest BCUT2D eigenvalue weighted by Crippen LogP contribution is -2.28. The van der Waals surface area contributed by atoms with Crippen molar-refractivity contribution in [3.05, 3.63) is 11.8 Å². The maximum absolute atomic E-state index is 11.7. The topological polar surface area (TPSA) is 49.6 Å². The van der Waals surface area contributed by atoms with Gasteiger partial charge in [-0.1, -0.05) is 25.9 Å². The molecule has 0 unspecified atom stereocenters. The molecule has 5 nitrogen and oxygen atoms in total. The van der Waals surface area contributed by atoms with Gasteiger partial charge in [-0.2, -0.15) is 0 Å². The molecule has 0 radical (unpaired) electrons. The number of amides is 2. The Morgan fingerprint density at radius 3 is 2.50 bits per heavy atom. The van der Waals surface area contributed by atoms with Gasteiger partial charge in [-0.05, 0) is 0 Å². The minimum atomic E-state index is -0.0591. The lowest BCUT2D eigenvalue weighted by atomic mass is 9.92. The van der Waals surface area contributed by atoms with Gasteiger partial charge in [0.05, 0.1) is 5.69 Å². The molecule has 1 aliphatic rings. The van der Waals surface area contributed by atoms with Gasteiger partial charge in [0.2, 0.25) is 5.88 Å². The van der Waals surface area contributed by atoms with Crippen LogP contribution in [-0.2, 0) is 5.41 Å². The third-order valence-electron chi connectivity index (χ3n) is 2.75. The average molecular weight is 223 g/mol. The molecule has 1 saturated heterocycles. The molecule has 1 aromatic rings. The van der Waals surface area contributed by atoms with E-state index in [0.29, 0.717) is 12.4 Å². The zero-order valence-corrected chi connectivity index (χ0v) is 10.1. The highest BCUT2D eigenvalue weighted by Gasteiger charge is 2.30. The van der Waals surface area contributed by atoms with Gasteiger partial charge < -0.3 is 9.42 Å². The molecule has 0 atom stereocenters. The molecule has 16 heavy (non-hydrogen) atoms. The molecule has 5 heteroatoms. The van der Waals surface area contributed by atoms with E-state index >= 15 is 0 Å². The Labute approximate surface area is 95.0 Å². The van der Waals surface area contributed by atoms with Gasteiger partial charge in [0.25, 0.3) is 0 Å². The van der Waals surface area contributed by atoms with Gasteiger partial charge >= 0.3 is 6.03 Å². The second-order valence-electron chi connectivity index (χ2n) is 5.16. The SMILES string of the molecule is CN1CCN(c2cc(C(C)(C)C)no2)C1=O. The maximum atomic E-state index is 11.7. The van der Waals surface area contributed by atoms with Crippen LogP contribution < -0.4 is 4.90 Å². The third kappa shape index (κ3) is 1.77. The largest absolute Gasteiger partial charge is 0.338 e. The minimum Gasteiger partial charge on any atom is -0.338 e. The van der Waals surface area contributed by atoms with E-state index in [1.807, 2.05) is 6.07 Å². The second kappa shape index (κ2) is 3.50. The van der Waals surface area contributed by atoms with Gasteiger partial charge in [-0.3, -0.25) is 4.90 Å². The summed E-state index contributed by atoms with van der Waals surface area (Å²) in [5, 5.41) is 4.00. The molecule has 1 aromatic heterocycles. The lowest BCUT2D eigenvalue weighted by Gasteiger charge is -2.13. The molecule has 0 spiro atoms. The predicted molar refractivity (Wildman–Crippen MR) is 60.6 cm³/mol. The fraction of sp³-hybridized carbons (Fsp3) is 0.636. The maximum Gasteiger partial charge on any atom is 0.326 e. The quantitative estimate of drug-likeness (QED) is 0.730. The molecule has 0 aromatic carbocycles. The van der Waals surface area contributed by atoms with Gasteiger partial charge in [0, 0.05) is 31.6 Å². The molecule has 2 rings (SSSR count). The highest BCUT2D eigenvalue weighted by atomic mass is 16.5. The van der Waals surface area contributed by atoms with Gasteiger partial charge in [0.1, 0.15) is 0 Å². The second-order valence-corrected chi connectivity index (χ2v) is 5.16. The van der Waals surface area contributed by atoms with Crippen LogP contribution in [0.5, 0.6) is 0 Å². The Bertz CT molecular complexity index is 406. The smallest absolute Gasteiger partial charge is 0.326 e. The zero-order valence-electron chi connectivity index (χ0n) is 10.1. The predicted octanol–water partition coefficient (Wildman–Crippen LogP) is 1.84. The molecule has 0 N–H and O–H groups in total. The van der Waals surface area contributed by atoms with Crippen molar-refractivity contribution in [1.82, 2.24) is 10.1 Å². The Hall–Kier alpha value is -1.52. The summed E-state index contributed by atoms with van der Waals surface area (Å²) in [6, 6.07) is 1.81. The number of carbonyl (C=O) groups is 1. The summed E-state index contributed by atoms with van der Waals surface area (Å²) < 4.78 is 5.22. The molecular weight excluding hydrogens is 206 g/mol. The van der Waals surface area contributed by atoms with Gasteiger partial charge in [0.15, 0.2) is 0 Å². The van der Waals surface area contributed by atoms with E-state index in [-0.39, 0.29) is 11.4 Å². The van der Waals surface area contributed by atoms with Crippen molar-refractivity contribution < 1.29 is 9.32 Å². The van der Waals surface area contributed by atoms with Crippen LogP contribution in [-0.4, -0.2) is 36.2 Å². The fourth-order valence-electron chi connectivity index (χ4n) is 1.60. The van der Waals surface area contributed by atoms with Crippen LogP contribution in [0.25, 0.3) is 0 Å². The Morgan fingerprint density at radius 1 is 1.38 bits per heavy atom. The van der Waals surface area contributed by atoms with E-state index in [4.69, 9.17) is 4.52 Å². The van der Waals surface area contributed by atoms with Crippen LogP contribution in [0.4, 0.5) is 10.7 Å².